The number of carbonyl (C=O) groups is 2. The van der Waals surface area contributed by atoms with Crippen molar-refractivity contribution in [2.24, 2.45) is 0 Å². The Balaban J connectivity index is 2.07. The lowest BCUT2D eigenvalue weighted by Gasteiger charge is -2.43. The Kier molecular flexibility index (Phi) is 8.03. The van der Waals surface area contributed by atoms with E-state index < -0.39 is 22.8 Å². The second kappa shape index (κ2) is 10.1. The van der Waals surface area contributed by atoms with Gasteiger partial charge in [0, 0.05) is 36.8 Å². The van der Waals surface area contributed by atoms with Crippen LogP contribution in [0.25, 0.3) is 0 Å². The van der Waals surface area contributed by atoms with E-state index in [9.17, 15) is 18.4 Å². The van der Waals surface area contributed by atoms with Crippen molar-refractivity contribution in [2.45, 2.75) is 70.9 Å². The Bertz CT molecular complexity index is 741. The molecule has 0 aliphatic carbocycles. The summed E-state index contributed by atoms with van der Waals surface area (Å²) in [5.41, 5.74) is -0.555. The number of rotatable bonds is 7. The quantitative estimate of drug-likeness (QED) is 0.630. The Morgan fingerprint density at radius 1 is 1.17 bits per heavy atom. The first-order chi connectivity index (χ1) is 14.0. The second-order valence-electron chi connectivity index (χ2n) is 8.66. The minimum Gasteiger partial charge on any atom is -0.466 e. The highest BCUT2D eigenvalue weighted by Crippen LogP contribution is 2.33. The second-order valence-corrected chi connectivity index (χ2v) is 8.66. The predicted octanol–water partition coefficient (Wildman–Crippen LogP) is 4.88. The average molecular weight is 427 g/mol. The zero-order valence-electron chi connectivity index (χ0n) is 18.2. The summed E-state index contributed by atoms with van der Waals surface area (Å²) in [7, 11) is 0. The summed E-state index contributed by atoms with van der Waals surface area (Å²) in [5, 5.41) is 3.34. The zero-order chi connectivity index (χ0) is 22.4. The molecule has 1 heterocycles. The zero-order valence-corrected chi connectivity index (χ0v) is 18.2. The predicted molar refractivity (Wildman–Crippen MR) is 110 cm³/mol. The number of likely N-dealkylation sites (tertiary alicyclic amines) is 1. The highest BCUT2D eigenvalue weighted by atomic mass is 19.2. The molecular formula is C22H32F2N2O4. The van der Waals surface area contributed by atoms with Gasteiger partial charge in [-0.25, -0.2) is 13.6 Å². The number of piperidine rings is 1. The van der Waals surface area contributed by atoms with Gasteiger partial charge in [0.1, 0.15) is 5.60 Å². The molecule has 1 saturated heterocycles. The summed E-state index contributed by atoms with van der Waals surface area (Å²) in [6.07, 6.45) is 2.32. The van der Waals surface area contributed by atoms with Gasteiger partial charge in [0.2, 0.25) is 0 Å². The molecule has 1 aliphatic rings. The van der Waals surface area contributed by atoms with E-state index in [0.717, 1.165) is 12.1 Å². The molecule has 0 bridgehead atoms. The summed E-state index contributed by atoms with van der Waals surface area (Å²) >= 11 is 0. The third kappa shape index (κ3) is 7.15. The molecule has 0 saturated carbocycles. The number of nitrogens with one attached hydrogen (secondary N) is 1. The van der Waals surface area contributed by atoms with Gasteiger partial charge in [0.15, 0.2) is 11.6 Å². The lowest BCUT2D eigenvalue weighted by atomic mass is 9.82. The van der Waals surface area contributed by atoms with Crippen LogP contribution in [0.4, 0.5) is 19.3 Å². The maximum absolute atomic E-state index is 13.7. The molecule has 1 fully saturated rings. The molecular weight excluding hydrogens is 394 g/mol. The molecule has 0 atom stereocenters. The minimum atomic E-state index is -0.923. The molecule has 8 heteroatoms. The van der Waals surface area contributed by atoms with Crippen LogP contribution in [0.2, 0.25) is 0 Å². The molecule has 1 amide bonds. The standard InChI is InChI=1S/C22H32F2N2O4/c1-5-29-19(27)7-6-10-22(25-16-8-9-17(23)18(24)15-16)11-13-26(14-12-22)20(28)30-21(2,3)4/h8-9,15,25H,5-7,10-14H2,1-4H3. The fraction of sp³-hybridized carbons (Fsp3) is 0.636. The van der Waals surface area contributed by atoms with Crippen molar-refractivity contribution in [1.29, 1.82) is 0 Å². The Morgan fingerprint density at radius 3 is 2.40 bits per heavy atom. The van der Waals surface area contributed by atoms with Crippen molar-refractivity contribution in [2.75, 3.05) is 25.0 Å². The lowest BCUT2D eigenvalue weighted by Crippen LogP contribution is -2.51. The van der Waals surface area contributed by atoms with E-state index in [1.165, 1.54) is 6.07 Å². The normalized spacial score (nSPS) is 16.1. The number of esters is 1. The number of ether oxygens (including phenoxy) is 2. The minimum absolute atomic E-state index is 0.258. The molecule has 1 aliphatic heterocycles. The van der Waals surface area contributed by atoms with Crippen molar-refractivity contribution in [3.05, 3.63) is 29.8 Å². The van der Waals surface area contributed by atoms with E-state index in [4.69, 9.17) is 9.47 Å². The Morgan fingerprint density at radius 2 is 1.83 bits per heavy atom. The van der Waals surface area contributed by atoms with Gasteiger partial charge >= 0.3 is 12.1 Å². The van der Waals surface area contributed by atoms with Gasteiger partial charge in [0.05, 0.1) is 6.61 Å². The molecule has 30 heavy (non-hydrogen) atoms. The van der Waals surface area contributed by atoms with Gasteiger partial charge in [-0.1, -0.05) is 0 Å². The fourth-order valence-electron chi connectivity index (χ4n) is 3.57. The van der Waals surface area contributed by atoms with Gasteiger partial charge < -0.3 is 19.7 Å². The van der Waals surface area contributed by atoms with Gasteiger partial charge in [-0.15, -0.1) is 0 Å². The van der Waals surface area contributed by atoms with Crippen molar-refractivity contribution < 1.29 is 27.8 Å². The van der Waals surface area contributed by atoms with E-state index in [1.807, 2.05) is 20.8 Å². The molecule has 0 unspecified atom stereocenters. The average Bonchev–Trinajstić information content (AvgIpc) is 2.64. The number of hydrogen-bond acceptors (Lipinski definition) is 5. The maximum Gasteiger partial charge on any atom is 0.410 e. The Labute approximate surface area is 176 Å². The molecule has 0 radical (unpaired) electrons. The maximum atomic E-state index is 13.7. The van der Waals surface area contributed by atoms with E-state index in [0.29, 0.717) is 51.1 Å². The van der Waals surface area contributed by atoms with Crippen molar-refractivity contribution in [1.82, 2.24) is 4.90 Å². The number of hydrogen-bond donors (Lipinski definition) is 1. The summed E-state index contributed by atoms with van der Waals surface area (Å²) in [5.74, 6) is -2.09. The van der Waals surface area contributed by atoms with Crippen LogP contribution in [0.3, 0.4) is 0 Å². The highest BCUT2D eigenvalue weighted by Gasteiger charge is 2.37. The molecule has 1 aromatic carbocycles. The van der Waals surface area contributed by atoms with Crippen LogP contribution in [-0.2, 0) is 14.3 Å². The van der Waals surface area contributed by atoms with E-state index in [1.54, 1.807) is 11.8 Å². The third-order valence-corrected chi connectivity index (χ3v) is 5.04. The van der Waals surface area contributed by atoms with Crippen LogP contribution in [0.5, 0.6) is 0 Å². The molecule has 0 aromatic heterocycles. The summed E-state index contributed by atoms with van der Waals surface area (Å²) in [4.78, 5) is 25.7. The van der Waals surface area contributed by atoms with Crippen LogP contribution in [0, 0.1) is 11.6 Å². The van der Waals surface area contributed by atoms with Crippen LogP contribution in [0.15, 0.2) is 18.2 Å². The van der Waals surface area contributed by atoms with E-state index >= 15 is 0 Å². The summed E-state index contributed by atoms with van der Waals surface area (Å²) < 4.78 is 37.4. The van der Waals surface area contributed by atoms with Crippen molar-refractivity contribution in [3.8, 4) is 0 Å². The first kappa shape index (κ1) is 23.9. The summed E-state index contributed by atoms with van der Waals surface area (Å²) in [6, 6.07) is 3.70. The largest absolute Gasteiger partial charge is 0.466 e. The highest BCUT2D eigenvalue weighted by molar-refractivity contribution is 5.69. The molecule has 6 nitrogen and oxygen atoms in total. The fourth-order valence-corrected chi connectivity index (χ4v) is 3.57. The van der Waals surface area contributed by atoms with Crippen LogP contribution >= 0.6 is 0 Å². The monoisotopic (exact) mass is 426 g/mol. The lowest BCUT2D eigenvalue weighted by molar-refractivity contribution is -0.143. The van der Waals surface area contributed by atoms with Crippen LogP contribution in [0.1, 0.15) is 59.8 Å². The van der Waals surface area contributed by atoms with Gasteiger partial charge in [-0.3, -0.25) is 4.79 Å². The smallest absolute Gasteiger partial charge is 0.410 e. The van der Waals surface area contributed by atoms with Gasteiger partial charge in [-0.2, -0.15) is 0 Å². The third-order valence-electron chi connectivity index (χ3n) is 5.04. The number of carbonyl (C=O) groups excluding carboxylic acids is 2. The molecule has 2 rings (SSSR count). The molecule has 168 valence electrons. The topological polar surface area (TPSA) is 67.9 Å². The summed E-state index contributed by atoms with van der Waals surface area (Å²) in [6.45, 7) is 8.48. The van der Waals surface area contributed by atoms with E-state index in [2.05, 4.69) is 5.32 Å². The number of benzene rings is 1. The van der Waals surface area contributed by atoms with Gasteiger partial charge in [-0.05, 0) is 65.5 Å². The van der Waals surface area contributed by atoms with E-state index in [-0.39, 0.29) is 18.5 Å². The first-order valence-corrected chi connectivity index (χ1v) is 10.4. The van der Waals surface area contributed by atoms with Crippen LogP contribution in [-0.4, -0.2) is 47.8 Å². The molecule has 0 spiro atoms. The number of anilines is 1. The van der Waals surface area contributed by atoms with Crippen LogP contribution < -0.4 is 5.32 Å². The van der Waals surface area contributed by atoms with Crippen molar-refractivity contribution >= 4 is 17.7 Å². The van der Waals surface area contributed by atoms with Crippen molar-refractivity contribution in [3.63, 3.8) is 0 Å². The van der Waals surface area contributed by atoms with Gasteiger partial charge in [0.25, 0.3) is 0 Å². The number of halogens is 2. The number of nitrogens with zero attached hydrogens (tertiary/aromatic N) is 1. The SMILES string of the molecule is CCOC(=O)CCCC1(Nc2ccc(F)c(F)c2)CCN(C(=O)OC(C)(C)C)CC1. The molecule has 1 N–H and O–H groups in total. The number of amides is 1. The molecule has 1 aromatic rings. The Hall–Kier alpha value is -2.38. The first-order valence-electron chi connectivity index (χ1n) is 10.4.